The summed E-state index contributed by atoms with van der Waals surface area (Å²) < 4.78 is 0. The lowest BCUT2D eigenvalue weighted by Gasteiger charge is -2.10. The Labute approximate surface area is 102 Å². The van der Waals surface area contributed by atoms with E-state index in [0.29, 0.717) is 5.92 Å². The molecule has 2 rings (SSSR count). The number of fused-ring (bicyclic) bond motifs is 1. The third kappa shape index (κ3) is 2.38. The van der Waals surface area contributed by atoms with Crippen LogP contribution in [0.1, 0.15) is 36.7 Å². The van der Waals surface area contributed by atoms with Gasteiger partial charge in [0.05, 0.1) is 0 Å². The molecule has 0 heterocycles. The van der Waals surface area contributed by atoms with E-state index in [0.717, 1.165) is 17.4 Å². The van der Waals surface area contributed by atoms with Gasteiger partial charge in [-0.3, -0.25) is 4.79 Å². The predicted octanol–water partition coefficient (Wildman–Crippen LogP) is 4.24. The molecule has 0 bridgehead atoms. The van der Waals surface area contributed by atoms with Gasteiger partial charge in [-0.25, -0.2) is 0 Å². The van der Waals surface area contributed by atoms with Crippen molar-refractivity contribution in [2.24, 2.45) is 5.92 Å². The number of Topliss-reactive ketones (excluding diaryl/α,β-unsaturated/α-hetero) is 1. The summed E-state index contributed by atoms with van der Waals surface area (Å²) in [6, 6.07) is 12.2. The first-order valence-electron chi connectivity index (χ1n) is 6.11. The summed E-state index contributed by atoms with van der Waals surface area (Å²) in [5.74, 6) is 0.763. The molecule has 0 unspecified atom stereocenters. The number of carbonyl (C=O) groups excluding carboxylic acids is 1. The Kier molecular flexibility index (Phi) is 3.28. The summed E-state index contributed by atoms with van der Waals surface area (Å²) in [5.41, 5.74) is 2.16. The number of hydrogen-bond acceptors (Lipinski definition) is 1. The second-order valence-corrected chi connectivity index (χ2v) is 4.97. The Morgan fingerprint density at radius 1 is 1.06 bits per heavy atom. The van der Waals surface area contributed by atoms with Gasteiger partial charge in [-0.2, -0.15) is 0 Å². The van der Waals surface area contributed by atoms with E-state index in [1.807, 2.05) is 24.3 Å². The molecule has 2 aromatic rings. The lowest BCUT2D eigenvalue weighted by molar-refractivity contribution is 0.101. The van der Waals surface area contributed by atoms with E-state index in [9.17, 15) is 4.79 Å². The molecule has 0 radical (unpaired) electrons. The van der Waals surface area contributed by atoms with E-state index in [1.165, 1.54) is 10.9 Å². The molecule has 0 spiro atoms. The van der Waals surface area contributed by atoms with Gasteiger partial charge < -0.3 is 0 Å². The van der Waals surface area contributed by atoms with Crippen LogP contribution in [-0.2, 0) is 6.42 Å². The van der Waals surface area contributed by atoms with Crippen LogP contribution in [0.5, 0.6) is 0 Å². The molecule has 1 nitrogen and oxygen atoms in total. The van der Waals surface area contributed by atoms with Crippen molar-refractivity contribution < 1.29 is 4.79 Å². The zero-order valence-electron chi connectivity index (χ0n) is 10.7. The zero-order valence-corrected chi connectivity index (χ0v) is 10.7. The van der Waals surface area contributed by atoms with Crippen LogP contribution < -0.4 is 0 Å². The van der Waals surface area contributed by atoms with Gasteiger partial charge >= 0.3 is 0 Å². The molecular formula is C16H18O. The lowest BCUT2D eigenvalue weighted by Crippen LogP contribution is -1.98. The van der Waals surface area contributed by atoms with E-state index < -0.39 is 0 Å². The van der Waals surface area contributed by atoms with E-state index in [-0.39, 0.29) is 5.78 Å². The Morgan fingerprint density at radius 3 is 2.35 bits per heavy atom. The molecule has 88 valence electrons. The van der Waals surface area contributed by atoms with Crippen molar-refractivity contribution in [3.05, 3.63) is 47.5 Å². The minimum Gasteiger partial charge on any atom is -0.294 e. The fourth-order valence-corrected chi connectivity index (χ4v) is 2.30. The Bertz CT molecular complexity index is 552. The molecule has 0 N–H and O–H groups in total. The SMILES string of the molecule is CC(=O)c1cccc2c(CC(C)C)cccc12. The van der Waals surface area contributed by atoms with Crippen LogP contribution in [0.2, 0.25) is 0 Å². The molecule has 0 saturated carbocycles. The Hall–Kier alpha value is -1.63. The monoisotopic (exact) mass is 226 g/mol. The summed E-state index contributed by atoms with van der Waals surface area (Å²) in [6.07, 6.45) is 1.05. The van der Waals surface area contributed by atoms with Crippen molar-refractivity contribution in [1.82, 2.24) is 0 Å². The topological polar surface area (TPSA) is 17.1 Å². The van der Waals surface area contributed by atoms with Crippen molar-refractivity contribution >= 4 is 16.6 Å². The summed E-state index contributed by atoms with van der Waals surface area (Å²) in [7, 11) is 0. The van der Waals surface area contributed by atoms with Crippen LogP contribution in [0, 0.1) is 5.92 Å². The first-order chi connectivity index (χ1) is 8.09. The smallest absolute Gasteiger partial charge is 0.160 e. The Balaban J connectivity index is 2.65. The highest BCUT2D eigenvalue weighted by molar-refractivity contribution is 6.07. The first-order valence-corrected chi connectivity index (χ1v) is 6.11. The lowest BCUT2D eigenvalue weighted by atomic mass is 9.94. The predicted molar refractivity (Wildman–Crippen MR) is 72.5 cm³/mol. The molecule has 0 saturated heterocycles. The van der Waals surface area contributed by atoms with Crippen LogP contribution >= 0.6 is 0 Å². The number of rotatable bonds is 3. The molecule has 0 aliphatic heterocycles. The Morgan fingerprint density at radius 2 is 1.71 bits per heavy atom. The van der Waals surface area contributed by atoms with Gasteiger partial charge in [-0.05, 0) is 35.6 Å². The average Bonchev–Trinajstić information content (AvgIpc) is 2.28. The van der Waals surface area contributed by atoms with Gasteiger partial charge in [0, 0.05) is 5.56 Å². The maximum Gasteiger partial charge on any atom is 0.160 e. The summed E-state index contributed by atoms with van der Waals surface area (Å²) >= 11 is 0. The third-order valence-corrected chi connectivity index (χ3v) is 3.02. The standard InChI is InChI=1S/C16H18O/c1-11(2)10-13-6-4-9-16-14(12(3)17)7-5-8-15(13)16/h4-9,11H,10H2,1-3H3. The maximum atomic E-state index is 11.6. The fraction of sp³-hybridized carbons (Fsp3) is 0.312. The van der Waals surface area contributed by atoms with Crippen LogP contribution in [0.4, 0.5) is 0 Å². The van der Waals surface area contributed by atoms with Gasteiger partial charge in [0.15, 0.2) is 5.78 Å². The largest absolute Gasteiger partial charge is 0.294 e. The number of ketones is 1. The highest BCUT2D eigenvalue weighted by Gasteiger charge is 2.08. The average molecular weight is 226 g/mol. The highest BCUT2D eigenvalue weighted by atomic mass is 16.1. The zero-order chi connectivity index (χ0) is 12.4. The molecule has 1 heteroatoms. The van der Waals surface area contributed by atoms with Crippen molar-refractivity contribution in [3.8, 4) is 0 Å². The minimum absolute atomic E-state index is 0.136. The minimum atomic E-state index is 0.136. The molecule has 0 aliphatic carbocycles. The van der Waals surface area contributed by atoms with Crippen LogP contribution in [0.3, 0.4) is 0 Å². The summed E-state index contributed by atoms with van der Waals surface area (Å²) in [4.78, 5) is 11.6. The van der Waals surface area contributed by atoms with E-state index >= 15 is 0 Å². The summed E-state index contributed by atoms with van der Waals surface area (Å²) in [5, 5.41) is 2.30. The fourth-order valence-electron chi connectivity index (χ4n) is 2.30. The second-order valence-electron chi connectivity index (χ2n) is 4.97. The number of carbonyl (C=O) groups is 1. The van der Waals surface area contributed by atoms with E-state index in [4.69, 9.17) is 0 Å². The normalized spacial score (nSPS) is 11.1. The first kappa shape index (κ1) is 11.8. The van der Waals surface area contributed by atoms with Crippen molar-refractivity contribution in [2.45, 2.75) is 27.2 Å². The van der Waals surface area contributed by atoms with Crippen molar-refractivity contribution in [3.63, 3.8) is 0 Å². The second kappa shape index (κ2) is 4.70. The molecular weight excluding hydrogens is 208 g/mol. The van der Waals surface area contributed by atoms with Gasteiger partial charge in [0.1, 0.15) is 0 Å². The van der Waals surface area contributed by atoms with Gasteiger partial charge in [-0.1, -0.05) is 50.2 Å². The molecule has 0 atom stereocenters. The van der Waals surface area contributed by atoms with Gasteiger partial charge in [-0.15, -0.1) is 0 Å². The summed E-state index contributed by atoms with van der Waals surface area (Å²) in [6.45, 7) is 6.06. The molecule has 0 amide bonds. The van der Waals surface area contributed by atoms with Crippen LogP contribution in [-0.4, -0.2) is 5.78 Å². The van der Waals surface area contributed by atoms with Gasteiger partial charge in [0.25, 0.3) is 0 Å². The molecule has 0 aliphatic rings. The molecule has 0 fully saturated rings. The van der Waals surface area contributed by atoms with Crippen LogP contribution in [0.15, 0.2) is 36.4 Å². The van der Waals surface area contributed by atoms with E-state index in [2.05, 4.69) is 26.0 Å². The van der Waals surface area contributed by atoms with E-state index in [1.54, 1.807) is 6.92 Å². The molecule has 2 aromatic carbocycles. The number of benzene rings is 2. The molecule has 0 aromatic heterocycles. The van der Waals surface area contributed by atoms with Crippen molar-refractivity contribution in [1.29, 1.82) is 0 Å². The van der Waals surface area contributed by atoms with Gasteiger partial charge in [0.2, 0.25) is 0 Å². The maximum absolute atomic E-state index is 11.6. The van der Waals surface area contributed by atoms with Crippen LogP contribution in [0.25, 0.3) is 10.8 Å². The highest BCUT2D eigenvalue weighted by Crippen LogP contribution is 2.24. The molecule has 17 heavy (non-hydrogen) atoms. The quantitative estimate of drug-likeness (QED) is 0.715. The van der Waals surface area contributed by atoms with Crippen molar-refractivity contribution in [2.75, 3.05) is 0 Å². The number of hydrogen-bond donors (Lipinski definition) is 0. The third-order valence-electron chi connectivity index (χ3n) is 3.02.